The molecule has 0 aliphatic carbocycles. The zero-order valence-corrected chi connectivity index (χ0v) is 18.8. The maximum Gasteiger partial charge on any atom is 0.143 e. The third-order valence-corrected chi connectivity index (χ3v) is 6.11. The standard InChI is InChI=1S/C25H30ClN3O/c1-25(2,3)18-13-17(16-29-11-5-4-6-12-29)24(30)23(14-18)28-21-9-10-27-22-15-19(26)7-8-20(21)22/h7-10,13-15,30H,4-6,11-12,16H2,1-3H3,(H,27,28). The molecule has 0 radical (unpaired) electrons. The fourth-order valence-electron chi connectivity index (χ4n) is 4.08. The SMILES string of the molecule is CC(C)(C)c1cc(CN2CCCCC2)c(O)c(Nc2ccnc3cc(Cl)ccc23)c1. The van der Waals surface area contributed by atoms with E-state index in [0.717, 1.165) is 47.5 Å². The molecule has 158 valence electrons. The minimum absolute atomic E-state index is 0.0192. The van der Waals surface area contributed by atoms with Crippen molar-refractivity contribution < 1.29 is 5.11 Å². The van der Waals surface area contributed by atoms with Gasteiger partial charge < -0.3 is 10.4 Å². The van der Waals surface area contributed by atoms with Gasteiger partial charge in [-0.2, -0.15) is 0 Å². The van der Waals surface area contributed by atoms with Crippen LogP contribution in [0.4, 0.5) is 11.4 Å². The number of hydrogen-bond acceptors (Lipinski definition) is 4. The Bertz CT molecular complexity index is 1050. The summed E-state index contributed by atoms with van der Waals surface area (Å²) in [6.07, 6.45) is 5.53. The van der Waals surface area contributed by atoms with Gasteiger partial charge in [0, 0.05) is 34.4 Å². The molecular formula is C25H30ClN3O. The van der Waals surface area contributed by atoms with E-state index >= 15 is 0 Å². The van der Waals surface area contributed by atoms with Crippen LogP contribution in [-0.2, 0) is 12.0 Å². The number of anilines is 2. The normalized spacial score (nSPS) is 15.5. The van der Waals surface area contributed by atoms with E-state index in [1.54, 1.807) is 6.20 Å². The molecule has 4 nitrogen and oxygen atoms in total. The minimum Gasteiger partial charge on any atom is -0.505 e. The highest BCUT2D eigenvalue weighted by molar-refractivity contribution is 6.31. The molecule has 1 saturated heterocycles. The number of nitrogens with one attached hydrogen (secondary N) is 1. The summed E-state index contributed by atoms with van der Waals surface area (Å²) in [6, 6.07) is 11.9. The molecule has 0 spiro atoms. The maximum absolute atomic E-state index is 11.2. The van der Waals surface area contributed by atoms with Gasteiger partial charge in [-0.25, -0.2) is 0 Å². The largest absolute Gasteiger partial charge is 0.505 e. The van der Waals surface area contributed by atoms with Gasteiger partial charge in [0.2, 0.25) is 0 Å². The Morgan fingerprint density at radius 2 is 1.80 bits per heavy atom. The number of phenolic OH excluding ortho intramolecular Hbond substituents is 1. The fourth-order valence-corrected chi connectivity index (χ4v) is 4.24. The molecular weight excluding hydrogens is 394 g/mol. The molecule has 1 aliphatic rings. The number of aromatic hydroxyl groups is 1. The Morgan fingerprint density at radius 3 is 2.53 bits per heavy atom. The lowest BCUT2D eigenvalue weighted by molar-refractivity contribution is 0.218. The summed E-state index contributed by atoms with van der Waals surface area (Å²) in [5.74, 6) is 0.326. The van der Waals surface area contributed by atoms with Crippen LogP contribution in [0.2, 0.25) is 5.02 Å². The molecule has 5 heteroatoms. The Labute approximate surface area is 183 Å². The van der Waals surface area contributed by atoms with Crippen molar-refractivity contribution >= 4 is 33.9 Å². The van der Waals surface area contributed by atoms with E-state index in [9.17, 15) is 5.11 Å². The highest BCUT2D eigenvalue weighted by atomic mass is 35.5. The monoisotopic (exact) mass is 423 g/mol. The number of piperidine rings is 1. The Hall–Kier alpha value is -2.30. The average Bonchev–Trinajstić information content (AvgIpc) is 2.70. The summed E-state index contributed by atoms with van der Waals surface area (Å²) in [5, 5.41) is 16.3. The van der Waals surface area contributed by atoms with Crippen LogP contribution in [0.15, 0.2) is 42.6 Å². The quantitative estimate of drug-likeness (QED) is 0.463. The van der Waals surface area contributed by atoms with Crippen LogP contribution < -0.4 is 5.32 Å². The van der Waals surface area contributed by atoms with Crippen molar-refractivity contribution in [2.75, 3.05) is 18.4 Å². The molecule has 2 heterocycles. The molecule has 0 amide bonds. The molecule has 0 unspecified atom stereocenters. The van der Waals surface area contributed by atoms with Crippen LogP contribution in [-0.4, -0.2) is 28.1 Å². The Kier molecular flexibility index (Phi) is 5.90. The van der Waals surface area contributed by atoms with Crippen molar-refractivity contribution in [3.05, 3.63) is 58.7 Å². The molecule has 0 saturated carbocycles. The van der Waals surface area contributed by atoms with Crippen LogP contribution in [0.5, 0.6) is 5.75 Å². The summed E-state index contributed by atoms with van der Waals surface area (Å²) < 4.78 is 0. The molecule has 4 rings (SSSR count). The number of rotatable bonds is 4. The lowest BCUT2D eigenvalue weighted by Crippen LogP contribution is -2.29. The summed E-state index contributed by atoms with van der Waals surface area (Å²) in [5.41, 5.74) is 4.63. The Balaban J connectivity index is 1.74. The van der Waals surface area contributed by atoms with Crippen molar-refractivity contribution in [1.29, 1.82) is 0 Å². The number of hydrogen-bond donors (Lipinski definition) is 2. The summed E-state index contributed by atoms with van der Waals surface area (Å²) in [7, 11) is 0. The van der Waals surface area contributed by atoms with Gasteiger partial charge in [0.1, 0.15) is 5.75 Å². The predicted octanol–water partition coefficient (Wildman–Crippen LogP) is 6.62. The second-order valence-corrected chi connectivity index (χ2v) is 9.70. The third kappa shape index (κ3) is 4.55. The van der Waals surface area contributed by atoms with Crippen molar-refractivity contribution in [2.45, 2.75) is 52.0 Å². The number of benzene rings is 2. The van der Waals surface area contributed by atoms with E-state index in [1.165, 1.54) is 24.8 Å². The van der Waals surface area contributed by atoms with Gasteiger partial charge in [-0.3, -0.25) is 9.88 Å². The topological polar surface area (TPSA) is 48.4 Å². The lowest BCUT2D eigenvalue weighted by Gasteiger charge is -2.28. The van der Waals surface area contributed by atoms with Crippen LogP contribution in [0.3, 0.4) is 0 Å². The van der Waals surface area contributed by atoms with E-state index < -0.39 is 0 Å². The second kappa shape index (κ2) is 8.44. The van der Waals surface area contributed by atoms with Crippen molar-refractivity contribution in [3.8, 4) is 5.75 Å². The number of aromatic nitrogens is 1. The van der Waals surface area contributed by atoms with E-state index in [1.807, 2.05) is 24.3 Å². The van der Waals surface area contributed by atoms with Crippen molar-refractivity contribution in [1.82, 2.24) is 9.88 Å². The van der Waals surface area contributed by atoms with E-state index in [2.05, 4.69) is 48.1 Å². The minimum atomic E-state index is -0.0192. The Morgan fingerprint density at radius 1 is 1.03 bits per heavy atom. The molecule has 30 heavy (non-hydrogen) atoms. The fraction of sp³-hybridized carbons (Fsp3) is 0.400. The van der Waals surface area contributed by atoms with Crippen molar-refractivity contribution in [2.24, 2.45) is 0 Å². The van der Waals surface area contributed by atoms with Crippen LogP contribution in [0.25, 0.3) is 10.9 Å². The van der Waals surface area contributed by atoms with Gasteiger partial charge in [0.05, 0.1) is 11.2 Å². The zero-order valence-electron chi connectivity index (χ0n) is 18.0. The number of fused-ring (bicyclic) bond motifs is 1. The van der Waals surface area contributed by atoms with E-state index in [4.69, 9.17) is 11.6 Å². The van der Waals surface area contributed by atoms with Gasteiger partial charge in [-0.05, 0) is 67.2 Å². The van der Waals surface area contributed by atoms with E-state index in [0.29, 0.717) is 10.8 Å². The first-order valence-corrected chi connectivity index (χ1v) is 11.1. The summed E-state index contributed by atoms with van der Waals surface area (Å²) >= 11 is 6.14. The molecule has 2 aromatic carbocycles. The molecule has 2 N–H and O–H groups in total. The van der Waals surface area contributed by atoms with Gasteiger partial charge in [0.15, 0.2) is 0 Å². The first kappa shape index (κ1) is 21.0. The number of likely N-dealkylation sites (tertiary alicyclic amines) is 1. The molecule has 0 bridgehead atoms. The summed E-state index contributed by atoms with van der Waals surface area (Å²) in [6.45, 7) is 9.58. The lowest BCUT2D eigenvalue weighted by atomic mass is 9.85. The number of phenols is 1. The highest BCUT2D eigenvalue weighted by Crippen LogP contribution is 2.38. The molecule has 3 aromatic rings. The van der Waals surface area contributed by atoms with E-state index in [-0.39, 0.29) is 5.41 Å². The molecule has 0 atom stereocenters. The van der Waals surface area contributed by atoms with Gasteiger partial charge in [0.25, 0.3) is 0 Å². The first-order chi connectivity index (χ1) is 14.3. The number of pyridine rings is 1. The average molecular weight is 424 g/mol. The third-order valence-electron chi connectivity index (χ3n) is 5.87. The van der Waals surface area contributed by atoms with Gasteiger partial charge in [-0.15, -0.1) is 0 Å². The predicted molar refractivity (Wildman–Crippen MR) is 126 cm³/mol. The first-order valence-electron chi connectivity index (χ1n) is 10.7. The van der Waals surface area contributed by atoms with Crippen LogP contribution >= 0.6 is 11.6 Å². The smallest absolute Gasteiger partial charge is 0.143 e. The highest BCUT2D eigenvalue weighted by Gasteiger charge is 2.21. The van der Waals surface area contributed by atoms with Gasteiger partial charge >= 0.3 is 0 Å². The molecule has 1 aromatic heterocycles. The number of nitrogens with zero attached hydrogens (tertiary/aromatic N) is 2. The maximum atomic E-state index is 11.2. The van der Waals surface area contributed by atoms with Crippen molar-refractivity contribution in [3.63, 3.8) is 0 Å². The van der Waals surface area contributed by atoms with Crippen LogP contribution in [0, 0.1) is 0 Å². The summed E-state index contributed by atoms with van der Waals surface area (Å²) in [4.78, 5) is 6.87. The molecule has 1 fully saturated rings. The second-order valence-electron chi connectivity index (χ2n) is 9.26. The number of halogens is 1. The van der Waals surface area contributed by atoms with Gasteiger partial charge in [-0.1, -0.05) is 44.9 Å². The molecule has 1 aliphatic heterocycles. The van der Waals surface area contributed by atoms with Crippen LogP contribution in [0.1, 0.15) is 51.2 Å². The zero-order chi connectivity index (χ0) is 21.3.